The summed E-state index contributed by atoms with van der Waals surface area (Å²) in [5, 5.41) is 2.91. The summed E-state index contributed by atoms with van der Waals surface area (Å²) in [5.41, 5.74) is 2.13. The number of rotatable bonds is 4. The number of carbonyl (C=O) groups is 3. The molecule has 4 rings (SSSR count). The number of halogens is 1. The molecular formula is C22H22BrN3O3. The van der Waals surface area contributed by atoms with Crippen LogP contribution in [0.25, 0.3) is 0 Å². The highest BCUT2D eigenvalue weighted by Gasteiger charge is 2.52. The van der Waals surface area contributed by atoms with Crippen LogP contribution < -0.4 is 10.2 Å². The largest absolute Gasteiger partial charge is 0.326 e. The topological polar surface area (TPSA) is 69.7 Å². The van der Waals surface area contributed by atoms with Gasteiger partial charge in [0, 0.05) is 29.5 Å². The van der Waals surface area contributed by atoms with Crippen molar-refractivity contribution in [3.05, 3.63) is 58.1 Å². The predicted molar refractivity (Wildman–Crippen MR) is 115 cm³/mol. The molecule has 1 fully saturated rings. The molecule has 0 spiro atoms. The Bertz CT molecular complexity index is 1020. The fourth-order valence-corrected chi connectivity index (χ4v) is 4.71. The Morgan fingerprint density at radius 3 is 2.72 bits per heavy atom. The third-order valence-corrected chi connectivity index (χ3v) is 6.26. The SMILES string of the molecule is Cc1cc(Br)ccc1NC(=O)CCN1C(=O)c2ccccc2N2C(=O)CC[C@@]12C. The number of fused-ring (bicyclic) bond motifs is 3. The lowest BCUT2D eigenvalue weighted by Crippen LogP contribution is -2.62. The van der Waals surface area contributed by atoms with Crippen molar-refractivity contribution < 1.29 is 14.4 Å². The van der Waals surface area contributed by atoms with Gasteiger partial charge in [-0.1, -0.05) is 28.1 Å². The summed E-state index contributed by atoms with van der Waals surface area (Å²) in [6, 6.07) is 12.8. The maximum Gasteiger partial charge on any atom is 0.257 e. The molecule has 0 unspecified atom stereocenters. The van der Waals surface area contributed by atoms with E-state index >= 15 is 0 Å². The molecule has 3 amide bonds. The lowest BCUT2D eigenvalue weighted by Gasteiger charge is -2.48. The molecule has 2 heterocycles. The molecule has 2 aliphatic heterocycles. The minimum atomic E-state index is -0.740. The molecule has 0 radical (unpaired) electrons. The van der Waals surface area contributed by atoms with E-state index in [1.807, 2.05) is 44.2 Å². The number of anilines is 2. The van der Waals surface area contributed by atoms with Crippen LogP contribution in [0.4, 0.5) is 11.4 Å². The second kappa shape index (κ2) is 7.30. The van der Waals surface area contributed by atoms with E-state index < -0.39 is 5.66 Å². The van der Waals surface area contributed by atoms with Gasteiger partial charge in [0.1, 0.15) is 5.66 Å². The third-order valence-electron chi connectivity index (χ3n) is 5.77. The normalized spacial score (nSPS) is 20.5. The Balaban J connectivity index is 1.54. The summed E-state index contributed by atoms with van der Waals surface area (Å²) < 4.78 is 0.949. The molecule has 150 valence electrons. The van der Waals surface area contributed by atoms with Gasteiger partial charge in [-0.15, -0.1) is 0 Å². The molecule has 0 bridgehead atoms. The highest BCUT2D eigenvalue weighted by Crippen LogP contribution is 2.43. The predicted octanol–water partition coefficient (Wildman–Crippen LogP) is 4.09. The number of benzene rings is 2. The van der Waals surface area contributed by atoms with Gasteiger partial charge in [-0.25, -0.2) is 0 Å². The second-order valence-corrected chi connectivity index (χ2v) is 8.59. The number of para-hydroxylation sites is 1. The van der Waals surface area contributed by atoms with E-state index in [0.717, 1.165) is 15.7 Å². The molecule has 29 heavy (non-hydrogen) atoms. The van der Waals surface area contributed by atoms with Crippen molar-refractivity contribution in [1.82, 2.24) is 4.90 Å². The van der Waals surface area contributed by atoms with Crippen molar-refractivity contribution in [2.75, 3.05) is 16.8 Å². The van der Waals surface area contributed by atoms with E-state index in [0.29, 0.717) is 24.1 Å². The molecular weight excluding hydrogens is 434 g/mol. The van der Waals surface area contributed by atoms with Crippen molar-refractivity contribution in [2.24, 2.45) is 0 Å². The fraction of sp³-hybridized carbons (Fsp3) is 0.318. The van der Waals surface area contributed by atoms with Crippen LogP contribution in [0.3, 0.4) is 0 Å². The van der Waals surface area contributed by atoms with Crippen LogP contribution in [0.5, 0.6) is 0 Å². The number of hydrogen-bond acceptors (Lipinski definition) is 3. The van der Waals surface area contributed by atoms with Gasteiger partial charge in [0.05, 0.1) is 11.3 Å². The number of nitrogens with zero attached hydrogens (tertiary/aromatic N) is 2. The molecule has 7 heteroatoms. The molecule has 1 saturated heterocycles. The van der Waals surface area contributed by atoms with E-state index in [-0.39, 0.29) is 30.7 Å². The average molecular weight is 456 g/mol. The first-order valence-electron chi connectivity index (χ1n) is 9.61. The van der Waals surface area contributed by atoms with Crippen LogP contribution in [0, 0.1) is 6.92 Å². The lowest BCUT2D eigenvalue weighted by molar-refractivity contribution is -0.117. The van der Waals surface area contributed by atoms with Crippen LogP contribution in [0.2, 0.25) is 0 Å². The van der Waals surface area contributed by atoms with Crippen LogP contribution in [0.15, 0.2) is 46.9 Å². The summed E-state index contributed by atoms with van der Waals surface area (Å²) in [4.78, 5) is 41.7. The summed E-state index contributed by atoms with van der Waals surface area (Å²) in [6.07, 6.45) is 1.10. The first-order valence-corrected chi connectivity index (χ1v) is 10.4. The molecule has 1 atom stereocenters. The summed E-state index contributed by atoms with van der Waals surface area (Å²) in [7, 11) is 0. The van der Waals surface area contributed by atoms with Crippen LogP contribution in [0.1, 0.15) is 42.1 Å². The monoisotopic (exact) mass is 455 g/mol. The van der Waals surface area contributed by atoms with E-state index in [4.69, 9.17) is 0 Å². The molecule has 6 nitrogen and oxygen atoms in total. The number of nitrogens with one attached hydrogen (secondary N) is 1. The Morgan fingerprint density at radius 1 is 1.21 bits per heavy atom. The zero-order valence-electron chi connectivity index (χ0n) is 16.4. The summed E-state index contributed by atoms with van der Waals surface area (Å²) >= 11 is 3.41. The minimum absolute atomic E-state index is 0.00684. The van der Waals surface area contributed by atoms with E-state index in [1.165, 1.54) is 0 Å². The van der Waals surface area contributed by atoms with E-state index in [9.17, 15) is 14.4 Å². The quantitative estimate of drug-likeness (QED) is 0.754. The Morgan fingerprint density at radius 2 is 1.97 bits per heavy atom. The molecule has 2 aromatic carbocycles. The highest BCUT2D eigenvalue weighted by molar-refractivity contribution is 9.10. The van der Waals surface area contributed by atoms with Gasteiger partial charge in [0.25, 0.3) is 5.91 Å². The van der Waals surface area contributed by atoms with Gasteiger partial charge in [-0.2, -0.15) is 0 Å². The van der Waals surface area contributed by atoms with Crippen molar-refractivity contribution in [3.63, 3.8) is 0 Å². The van der Waals surface area contributed by atoms with E-state index in [2.05, 4.69) is 21.2 Å². The Hall–Kier alpha value is -2.67. The van der Waals surface area contributed by atoms with E-state index in [1.54, 1.807) is 21.9 Å². The highest BCUT2D eigenvalue weighted by atomic mass is 79.9. The maximum absolute atomic E-state index is 13.2. The minimum Gasteiger partial charge on any atom is -0.326 e. The number of carbonyl (C=O) groups excluding carboxylic acids is 3. The zero-order chi connectivity index (χ0) is 20.8. The maximum atomic E-state index is 13.2. The van der Waals surface area contributed by atoms with Gasteiger partial charge >= 0.3 is 0 Å². The smallest absolute Gasteiger partial charge is 0.257 e. The van der Waals surface area contributed by atoms with Gasteiger partial charge in [-0.3, -0.25) is 19.3 Å². The van der Waals surface area contributed by atoms with Crippen molar-refractivity contribution in [3.8, 4) is 0 Å². The zero-order valence-corrected chi connectivity index (χ0v) is 18.0. The van der Waals surface area contributed by atoms with Crippen molar-refractivity contribution >= 4 is 45.0 Å². The summed E-state index contributed by atoms with van der Waals surface area (Å²) in [6.45, 7) is 4.08. The standard InChI is InChI=1S/C22H22BrN3O3/c1-14-13-15(23)7-8-17(14)24-19(27)10-12-25-21(29)16-5-3-4-6-18(16)26-20(28)9-11-22(25,26)2/h3-8,13H,9-12H2,1-2H3,(H,24,27)/t22-/m0/s1. The van der Waals surface area contributed by atoms with Gasteiger partial charge in [-0.05, 0) is 56.2 Å². The molecule has 0 aliphatic carbocycles. The number of amides is 3. The fourth-order valence-electron chi connectivity index (χ4n) is 4.23. The molecule has 2 aromatic rings. The molecule has 1 N–H and O–H groups in total. The third kappa shape index (κ3) is 3.33. The van der Waals surface area contributed by atoms with Crippen LogP contribution in [-0.2, 0) is 9.59 Å². The average Bonchev–Trinajstić information content (AvgIpc) is 2.99. The van der Waals surface area contributed by atoms with Gasteiger partial charge in [0.15, 0.2) is 0 Å². The second-order valence-electron chi connectivity index (χ2n) is 7.68. The van der Waals surface area contributed by atoms with Gasteiger partial charge in [0.2, 0.25) is 11.8 Å². The van der Waals surface area contributed by atoms with Crippen LogP contribution in [-0.4, -0.2) is 34.8 Å². The Labute approximate surface area is 178 Å². The van der Waals surface area contributed by atoms with Crippen LogP contribution >= 0.6 is 15.9 Å². The number of aryl methyl sites for hydroxylation is 1. The summed E-state index contributed by atoms with van der Waals surface area (Å²) in [5.74, 6) is -0.296. The lowest BCUT2D eigenvalue weighted by atomic mass is 9.98. The Kier molecular flexibility index (Phi) is 4.94. The molecule has 0 saturated carbocycles. The number of hydrogen-bond donors (Lipinski definition) is 1. The first kappa shape index (κ1) is 19.6. The van der Waals surface area contributed by atoms with Crippen molar-refractivity contribution in [1.29, 1.82) is 0 Å². The van der Waals surface area contributed by atoms with Gasteiger partial charge < -0.3 is 10.2 Å². The molecule has 0 aromatic heterocycles. The molecule has 2 aliphatic rings. The first-order chi connectivity index (χ1) is 13.8. The van der Waals surface area contributed by atoms with Crippen molar-refractivity contribution in [2.45, 2.75) is 38.8 Å².